The topological polar surface area (TPSA) is 77.4 Å². The van der Waals surface area contributed by atoms with Crippen molar-refractivity contribution in [3.05, 3.63) is 0 Å². The molecule has 0 spiro atoms. The fourth-order valence-electron chi connectivity index (χ4n) is 4.05. The van der Waals surface area contributed by atoms with Crippen LogP contribution in [0.1, 0.15) is 142 Å². The van der Waals surface area contributed by atoms with Crippen LogP contribution in [0.5, 0.6) is 0 Å². The van der Waals surface area contributed by atoms with Gasteiger partial charge in [0, 0.05) is 5.25 Å². The van der Waals surface area contributed by atoms with Crippen LogP contribution in [-0.2, 0) is 10.1 Å². The number of unbranched alkanes of at least 4 members (excludes halogenated alkanes) is 13. The zero-order chi connectivity index (χ0) is 21.8. The predicted molar refractivity (Wildman–Crippen MR) is 123 cm³/mol. The van der Waals surface area contributed by atoms with Crippen molar-refractivity contribution < 1.29 is 69.5 Å². The number of rotatable bonds is 22. The summed E-state index contributed by atoms with van der Waals surface area (Å²) in [6.07, 6.45) is 21.4. The van der Waals surface area contributed by atoms with E-state index in [0.29, 0.717) is 12.8 Å². The maximum Gasteiger partial charge on any atom is 1.00 e. The van der Waals surface area contributed by atoms with E-state index in [0.717, 1.165) is 64.2 Å². The van der Waals surface area contributed by atoms with E-state index in [2.05, 4.69) is 13.8 Å². The first-order valence-electron chi connectivity index (χ1n) is 12.5. The van der Waals surface area contributed by atoms with Crippen LogP contribution in [0.15, 0.2) is 0 Å². The third-order valence-corrected chi connectivity index (χ3v) is 7.26. The molecule has 6 heteroatoms. The van der Waals surface area contributed by atoms with Crippen molar-refractivity contribution in [2.75, 3.05) is 0 Å². The number of aliphatic hydroxyl groups is 1. The van der Waals surface area contributed by atoms with Crippen LogP contribution in [0.25, 0.3) is 0 Å². The van der Waals surface area contributed by atoms with Gasteiger partial charge in [0.25, 0.3) is 0 Å². The van der Waals surface area contributed by atoms with E-state index < -0.39 is 15.4 Å². The molecule has 0 fully saturated rings. The van der Waals surface area contributed by atoms with Gasteiger partial charge in [-0.2, -0.15) is 0 Å². The molecule has 0 aliphatic rings. The Hall–Kier alpha value is 1.51. The van der Waals surface area contributed by atoms with Gasteiger partial charge in [0.2, 0.25) is 0 Å². The summed E-state index contributed by atoms with van der Waals surface area (Å²) in [5, 5.41) is 9.03. The van der Waals surface area contributed by atoms with Crippen molar-refractivity contribution in [3.63, 3.8) is 0 Å². The zero-order valence-electron chi connectivity index (χ0n) is 20.4. The fraction of sp³-hybridized carbons (Fsp3) is 1.00. The normalized spacial score (nSPS) is 13.7. The molecule has 176 valence electrons. The van der Waals surface area contributed by atoms with E-state index >= 15 is 0 Å². The molecule has 0 aromatic rings. The van der Waals surface area contributed by atoms with E-state index in [4.69, 9.17) is 0 Å². The van der Waals surface area contributed by atoms with E-state index in [1.165, 1.54) is 51.4 Å². The van der Waals surface area contributed by atoms with Crippen molar-refractivity contribution in [1.29, 1.82) is 0 Å². The second-order valence-electron chi connectivity index (χ2n) is 8.87. The first-order chi connectivity index (χ1) is 13.9. The summed E-state index contributed by atoms with van der Waals surface area (Å²) < 4.78 is 34.1. The summed E-state index contributed by atoms with van der Waals surface area (Å²) >= 11 is 0. The Bertz CT molecular complexity index is 442. The summed E-state index contributed by atoms with van der Waals surface area (Å²) in [5.74, 6) is 0. The van der Waals surface area contributed by atoms with Crippen molar-refractivity contribution in [2.24, 2.45) is 0 Å². The Kier molecular flexibility index (Phi) is 26.6. The standard InChI is InChI=1S/C24H50O4S.K/c1-3-5-16-21-24(29(26,27)28)22-18-15-13-11-9-7-6-8-10-12-14-17-20-23(25)19-4-2;/h23-25H,3-22H2,1-2H3,(H,26,27,28);/q;+1/p-1. The molecule has 0 rings (SSSR count). The average molecular weight is 473 g/mol. The molecule has 0 radical (unpaired) electrons. The summed E-state index contributed by atoms with van der Waals surface area (Å²) in [4.78, 5) is 0. The maximum atomic E-state index is 11.4. The molecule has 0 saturated heterocycles. The number of hydrogen-bond acceptors (Lipinski definition) is 4. The smallest absolute Gasteiger partial charge is 0.748 e. The van der Waals surface area contributed by atoms with Gasteiger partial charge in [-0.25, -0.2) is 8.42 Å². The molecule has 2 unspecified atom stereocenters. The van der Waals surface area contributed by atoms with Crippen LogP contribution in [0.3, 0.4) is 0 Å². The third kappa shape index (κ3) is 22.7. The van der Waals surface area contributed by atoms with Crippen LogP contribution in [0.4, 0.5) is 0 Å². The molecular formula is C24H49KO4S. The van der Waals surface area contributed by atoms with Crippen molar-refractivity contribution in [2.45, 2.75) is 154 Å². The first-order valence-corrected chi connectivity index (χ1v) is 14.0. The van der Waals surface area contributed by atoms with E-state index in [-0.39, 0.29) is 57.5 Å². The van der Waals surface area contributed by atoms with E-state index in [9.17, 15) is 18.1 Å². The molecule has 4 nitrogen and oxygen atoms in total. The summed E-state index contributed by atoms with van der Waals surface area (Å²) in [6.45, 7) is 4.21. The molecule has 1 N–H and O–H groups in total. The summed E-state index contributed by atoms with van der Waals surface area (Å²) in [6, 6.07) is 0. The largest absolute Gasteiger partial charge is 1.00 e. The molecule has 2 atom stereocenters. The molecule has 0 saturated carbocycles. The molecule has 0 amide bonds. The van der Waals surface area contributed by atoms with E-state index in [1.54, 1.807) is 0 Å². The molecule has 30 heavy (non-hydrogen) atoms. The minimum absolute atomic E-state index is 0. The van der Waals surface area contributed by atoms with E-state index in [1.807, 2.05) is 0 Å². The minimum atomic E-state index is -4.13. The molecule has 0 aliphatic heterocycles. The molecule has 0 bridgehead atoms. The van der Waals surface area contributed by atoms with Crippen molar-refractivity contribution in [1.82, 2.24) is 0 Å². The van der Waals surface area contributed by atoms with Gasteiger partial charge in [0.15, 0.2) is 0 Å². The zero-order valence-corrected chi connectivity index (χ0v) is 24.3. The summed E-state index contributed by atoms with van der Waals surface area (Å²) in [7, 11) is -4.13. The van der Waals surface area contributed by atoms with Crippen molar-refractivity contribution in [3.8, 4) is 0 Å². The minimum Gasteiger partial charge on any atom is -0.748 e. The predicted octanol–water partition coefficient (Wildman–Crippen LogP) is 4.11. The Morgan fingerprint density at radius 2 is 0.967 bits per heavy atom. The number of hydrogen-bond donors (Lipinski definition) is 1. The van der Waals surface area contributed by atoms with Gasteiger partial charge in [-0.3, -0.25) is 0 Å². The van der Waals surface area contributed by atoms with Crippen LogP contribution in [-0.4, -0.2) is 29.4 Å². The Morgan fingerprint density at radius 1 is 0.600 bits per heavy atom. The summed E-state index contributed by atoms with van der Waals surface area (Å²) in [5.41, 5.74) is 0. The average Bonchev–Trinajstić information content (AvgIpc) is 2.66. The van der Waals surface area contributed by atoms with Gasteiger partial charge in [0.1, 0.15) is 0 Å². The Balaban J connectivity index is 0. The first kappa shape index (κ1) is 33.7. The quantitative estimate of drug-likeness (QED) is 0.146. The van der Waals surface area contributed by atoms with Crippen LogP contribution >= 0.6 is 0 Å². The second kappa shape index (κ2) is 23.7. The monoisotopic (exact) mass is 472 g/mol. The van der Waals surface area contributed by atoms with Crippen molar-refractivity contribution >= 4 is 10.1 Å². The van der Waals surface area contributed by atoms with Gasteiger partial charge in [0.05, 0.1) is 16.2 Å². The van der Waals surface area contributed by atoms with Gasteiger partial charge in [-0.05, 0) is 25.7 Å². The van der Waals surface area contributed by atoms with Gasteiger partial charge in [-0.15, -0.1) is 0 Å². The Labute approximate surface area is 230 Å². The van der Waals surface area contributed by atoms with Crippen LogP contribution in [0, 0.1) is 0 Å². The molecular weight excluding hydrogens is 423 g/mol. The van der Waals surface area contributed by atoms with Crippen LogP contribution in [0.2, 0.25) is 0 Å². The Morgan fingerprint density at radius 3 is 1.33 bits per heavy atom. The van der Waals surface area contributed by atoms with Gasteiger partial charge < -0.3 is 9.66 Å². The number of aliphatic hydroxyl groups excluding tert-OH is 1. The molecule has 0 aromatic carbocycles. The molecule has 0 heterocycles. The second-order valence-corrected chi connectivity index (χ2v) is 10.5. The van der Waals surface area contributed by atoms with Crippen LogP contribution < -0.4 is 51.4 Å². The van der Waals surface area contributed by atoms with Gasteiger partial charge in [-0.1, -0.05) is 117 Å². The molecule has 0 aromatic heterocycles. The molecule has 0 aliphatic carbocycles. The fourth-order valence-corrected chi connectivity index (χ4v) is 4.96. The SMILES string of the molecule is CCCCCC(CCCCCCCCCCCCCCC(O)CCC)S(=O)(=O)[O-].[K+]. The maximum absolute atomic E-state index is 11.4. The van der Waals surface area contributed by atoms with Gasteiger partial charge >= 0.3 is 51.4 Å². The third-order valence-electron chi connectivity index (χ3n) is 5.97.